The first kappa shape index (κ1) is 16.6. The first-order valence-corrected chi connectivity index (χ1v) is 9.13. The number of hydrogen-bond acceptors (Lipinski definition) is 3. The van der Waals surface area contributed by atoms with E-state index in [9.17, 15) is 9.59 Å². The number of carbonyl (C=O) groups excluding carboxylic acids is 2. The average molecular weight is 349 g/mol. The molecule has 0 aromatic heterocycles. The van der Waals surface area contributed by atoms with Crippen molar-refractivity contribution in [2.24, 2.45) is 0 Å². The van der Waals surface area contributed by atoms with Gasteiger partial charge in [0.1, 0.15) is 6.04 Å². The molecule has 2 aliphatic rings. The summed E-state index contributed by atoms with van der Waals surface area (Å²) in [6.07, 6.45) is 0. The van der Waals surface area contributed by atoms with Gasteiger partial charge < -0.3 is 14.7 Å². The van der Waals surface area contributed by atoms with E-state index >= 15 is 0 Å². The molecule has 134 valence electrons. The number of nitrogens with zero attached hydrogens (tertiary/aromatic N) is 3. The normalized spacial score (nSPS) is 18.0. The van der Waals surface area contributed by atoms with Crippen LogP contribution < -0.4 is 4.90 Å². The van der Waals surface area contributed by atoms with Crippen molar-refractivity contribution in [3.8, 4) is 0 Å². The molecule has 1 saturated heterocycles. The highest BCUT2D eigenvalue weighted by molar-refractivity contribution is 6.01. The monoisotopic (exact) mass is 349 g/mol. The van der Waals surface area contributed by atoms with Crippen LogP contribution >= 0.6 is 0 Å². The van der Waals surface area contributed by atoms with Crippen LogP contribution in [-0.4, -0.2) is 53.8 Å². The molecule has 0 bridgehead atoms. The van der Waals surface area contributed by atoms with Crippen molar-refractivity contribution in [1.82, 2.24) is 9.80 Å². The van der Waals surface area contributed by atoms with Crippen molar-refractivity contribution in [3.05, 3.63) is 65.7 Å². The number of amides is 2. The fraction of sp³-hybridized carbons (Fsp3) is 0.333. The summed E-state index contributed by atoms with van der Waals surface area (Å²) >= 11 is 0. The molecule has 26 heavy (non-hydrogen) atoms. The third kappa shape index (κ3) is 2.94. The molecule has 2 aliphatic heterocycles. The van der Waals surface area contributed by atoms with Gasteiger partial charge >= 0.3 is 0 Å². The van der Waals surface area contributed by atoms with Crippen LogP contribution in [0.2, 0.25) is 0 Å². The predicted molar refractivity (Wildman–Crippen MR) is 101 cm³/mol. The molecular formula is C21H23N3O2. The quantitative estimate of drug-likeness (QED) is 0.855. The van der Waals surface area contributed by atoms with Gasteiger partial charge in [-0.3, -0.25) is 9.59 Å². The van der Waals surface area contributed by atoms with Crippen LogP contribution in [0.25, 0.3) is 0 Å². The van der Waals surface area contributed by atoms with E-state index in [0.29, 0.717) is 19.6 Å². The van der Waals surface area contributed by atoms with Crippen molar-refractivity contribution < 1.29 is 9.59 Å². The number of anilines is 1. The number of carbonyl (C=O) groups is 2. The Balaban J connectivity index is 1.39. The second kappa shape index (κ2) is 6.83. The molecule has 1 fully saturated rings. The second-order valence-corrected chi connectivity index (χ2v) is 6.91. The van der Waals surface area contributed by atoms with Gasteiger partial charge in [0.15, 0.2) is 0 Å². The summed E-state index contributed by atoms with van der Waals surface area (Å²) in [6, 6.07) is 17.4. The summed E-state index contributed by atoms with van der Waals surface area (Å²) in [7, 11) is 0. The summed E-state index contributed by atoms with van der Waals surface area (Å²) < 4.78 is 0. The van der Waals surface area contributed by atoms with E-state index in [1.54, 1.807) is 4.90 Å². The number of hydrogen-bond donors (Lipinski definition) is 0. The molecule has 2 aromatic carbocycles. The van der Waals surface area contributed by atoms with E-state index in [1.807, 2.05) is 54.3 Å². The molecule has 2 heterocycles. The van der Waals surface area contributed by atoms with Crippen LogP contribution in [0.1, 0.15) is 22.8 Å². The third-order valence-corrected chi connectivity index (χ3v) is 5.39. The Labute approximate surface area is 153 Å². The first-order valence-electron chi connectivity index (χ1n) is 9.13. The maximum atomic E-state index is 12.9. The molecule has 5 nitrogen and oxygen atoms in total. The van der Waals surface area contributed by atoms with Crippen LogP contribution in [0.15, 0.2) is 54.6 Å². The van der Waals surface area contributed by atoms with Gasteiger partial charge in [0, 0.05) is 44.0 Å². The van der Waals surface area contributed by atoms with E-state index in [0.717, 1.165) is 24.2 Å². The van der Waals surface area contributed by atoms with Crippen LogP contribution in [0.3, 0.4) is 0 Å². The predicted octanol–water partition coefficient (Wildman–Crippen LogP) is 2.38. The minimum absolute atomic E-state index is 0.0376. The summed E-state index contributed by atoms with van der Waals surface area (Å²) in [5.41, 5.74) is 2.92. The van der Waals surface area contributed by atoms with Crippen molar-refractivity contribution in [1.29, 1.82) is 0 Å². The summed E-state index contributed by atoms with van der Waals surface area (Å²) in [5, 5.41) is 0. The zero-order chi connectivity index (χ0) is 18.1. The molecule has 0 saturated carbocycles. The zero-order valence-electron chi connectivity index (χ0n) is 15.0. The van der Waals surface area contributed by atoms with Crippen molar-refractivity contribution in [3.63, 3.8) is 0 Å². The Morgan fingerprint density at radius 2 is 1.58 bits per heavy atom. The lowest BCUT2D eigenvalue weighted by atomic mass is 10.1. The number of benzene rings is 2. The van der Waals surface area contributed by atoms with Gasteiger partial charge in [0.2, 0.25) is 5.91 Å². The SMILES string of the molecule is C[C@@H](C(=O)N1CCN(c2ccccc2)CC1)N1Cc2ccccc2C1=O. The Kier molecular flexibility index (Phi) is 4.37. The van der Waals surface area contributed by atoms with Crippen molar-refractivity contribution >= 4 is 17.5 Å². The van der Waals surface area contributed by atoms with Crippen LogP contribution in [0.4, 0.5) is 5.69 Å². The zero-order valence-corrected chi connectivity index (χ0v) is 15.0. The van der Waals surface area contributed by atoms with Gasteiger partial charge in [0.25, 0.3) is 5.91 Å². The van der Waals surface area contributed by atoms with E-state index in [4.69, 9.17) is 0 Å². The number of para-hydroxylation sites is 1. The van der Waals surface area contributed by atoms with E-state index in [2.05, 4.69) is 17.0 Å². The van der Waals surface area contributed by atoms with Crippen molar-refractivity contribution in [2.75, 3.05) is 31.1 Å². The van der Waals surface area contributed by atoms with E-state index < -0.39 is 6.04 Å². The minimum atomic E-state index is -0.432. The maximum Gasteiger partial charge on any atom is 0.255 e. The Hall–Kier alpha value is -2.82. The van der Waals surface area contributed by atoms with Crippen molar-refractivity contribution in [2.45, 2.75) is 19.5 Å². The van der Waals surface area contributed by atoms with Gasteiger partial charge in [0.05, 0.1) is 0 Å². The molecule has 0 N–H and O–H groups in total. The van der Waals surface area contributed by atoms with Gasteiger partial charge in [-0.1, -0.05) is 36.4 Å². The molecule has 0 aliphatic carbocycles. The smallest absolute Gasteiger partial charge is 0.255 e. The van der Waals surface area contributed by atoms with E-state index in [1.165, 1.54) is 5.69 Å². The summed E-state index contributed by atoms with van der Waals surface area (Å²) in [5.74, 6) is 0.00300. The van der Waals surface area contributed by atoms with E-state index in [-0.39, 0.29) is 11.8 Å². The van der Waals surface area contributed by atoms with Gasteiger partial charge in [-0.15, -0.1) is 0 Å². The number of fused-ring (bicyclic) bond motifs is 1. The number of piperazine rings is 1. The molecule has 0 unspecified atom stereocenters. The topological polar surface area (TPSA) is 43.9 Å². The molecule has 2 amide bonds. The van der Waals surface area contributed by atoms with Gasteiger partial charge in [-0.25, -0.2) is 0 Å². The van der Waals surface area contributed by atoms with Gasteiger partial charge in [-0.2, -0.15) is 0 Å². The Bertz CT molecular complexity index is 813. The van der Waals surface area contributed by atoms with Gasteiger partial charge in [-0.05, 0) is 30.7 Å². The third-order valence-electron chi connectivity index (χ3n) is 5.39. The van der Waals surface area contributed by atoms with Crippen LogP contribution in [-0.2, 0) is 11.3 Å². The lowest BCUT2D eigenvalue weighted by Crippen LogP contribution is -2.54. The Morgan fingerprint density at radius 3 is 2.27 bits per heavy atom. The number of rotatable bonds is 3. The highest BCUT2D eigenvalue weighted by atomic mass is 16.2. The highest BCUT2D eigenvalue weighted by Gasteiger charge is 2.36. The van der Waals surface area contributed by atoms with Crippen LogP contribution in [0.5, 0.6) is 0 Å². The average Bonchev–Trinajstić information content (AvgIpc) is 3.04. The van der Waals surface area contributed by atoms with Crippen LogP contribution in [0, 0.1) is 0 Å². The minimum Gasteiger partial charge on any atom is -0.368 e. The lowest BCUT2D eigenvalue weighted by Gasteiger charge is -2.38. The molecule has 1 atom stereocenters. The lowest BCUT2D eigenvalue weighted by molar-refractivity contribution is -0.136. The fourth-order valence-electron chi connectivity index (χ4n) is 3.81. The standard InChI is InChI=1S/C21H23N3O2/c1-16(24-15-17-7-5-6-10-19(17)21(24)26)20(25)23-13-11-22(12-14-23)18-8-3-2-4-9-18/h2-10,16H,11-15H2,1H3/t16-/m0/s1. The molecule has 0 radical (unpaired) electrons. The Morgan fingerprint density at radius 1 is 0.923 bits per heavy atom. The molecule has 5 heteroatoms. The molecular weight excluding hydrogens is 326 g/mol. The largest absolute Gasteiger partial charge is 0.368 e. The maximum absolute atomic E-state index is 12.9. The first-order chi connectivity index (χ1) is 12.6. The highest BCUT2D eigenvalue weighted by Crippen LogP contribution is 2.25. The molecule has 2 aromatic rings. The summed E-state index contributed by atoms with van der Waals surface area (Å²) in [4.78, 5) is 31.4. The summed E-state index contributed by atoms with van der Waals surface area (Å²) in [6.45, 7) is 5.37. The fourth-order valence-corrected chi connectivity index (χ4v) is 3.81. The molecule has 4 rings (SSSR count). The molecule has 0 spiro atoms. The second-order valence-electron chi connectivity index (χ2n) is 6.91.